The third-order valence-electron chi connectivity index (χ3n) is 4.89. The largest absolute Gasteiger partial charge is 0.493 e. The average Bonchev–Trinajstić information content (AvgIpc) is 3.45. The van der Waals surface area contributed by atoms with E-state index < -0.39 is 6.04 Å². The molecule has 1 atom stereocenters. The van der Waals surface area contributed by atoms with Crippen molar-refractivity contribution in [1.82, 2.24) is 15.5 Å². The van der Waals surface area contributed by atoms with Gasteiger partial charge in [0, 0.05) is 13.1 Å². The van der Waals surface area contributed by atoms with E-state index in [0.29, 0.717) is 29.8 Å². The molecule has 2 aromatic carbocycles. The molecule has 1 fully saturated rings. The minimum absolute atomic E-state index is 0.260. The van der Waals surface area contributed by atoms with Crippen molar-refractivity contribution >= 4 is 11.9 Å². The first kappa shape index (κ1) is 19.0. The molecule has 150 valence electrons. The maximum absolute atomic E-state index is 13.1. The van der Waals surface area contributed by atoms with Crippen LogP contribution in [0.4, 0.5) is 6.01 Å². The summed E-state index contributed by atoms with van der Waals surface area (Å²) in [6.45, 7) is 4.19. The lowest BCUT2D eigenvalue weighted by Crippen LogP contribution is -2.30. The van der Waals surface area contributed by atoms with E-state index in [0.717, 1.165) is 31.5 Å². The topological polar surface area (TPSA) is 80.5 Å². The number of anilines is 1. The minimum Gasteiger partial charge on any atom is -0.493 e. The summed E-state index contributed by atoms with van der Waals surface area (Å²) < 4.78 is 11.6. The molecule has 1 saturated heterocycles. The van der Waals surface area contributed by atoms with E-state index in [4.69, 9.17) is 9.15 Å². The van der Waals surface area contributed by atoms with E-state index in [9.17, 15) is 4.79 Å². The number of nitrogens with zero attached hydrogens (tertiary/aromatic N) is 3. The molecule has 4 rings (SSSR count). The number of carbonyl (C=O) groups excluding carboxylic acids is 1. The van der Waals surface area contributed by atoms with E-state index in [1.165, 1.54) is 0 Å². The van der Waals surface area contributed by atoms with Gasteiger partial charge in [-0.2, -0.15) is 0 Å². The monoisotopic (exact) mass is 392 g/mol. The van der Waals surface area contributed by atoms with Gasteiger partial charge >= 0.3 is 6.01 Å². The highest BCUT2D eigenvalue weighted by atomic mass is 16.5. The Morgan fingerprint density at radius 3 is 2.59 bits per heavy atom. The molecule has 1 amide bonds. The van der Waals surface area contributed by atoms with Gasteiger partial charge in [-0.25, -0.2) is 0 Å². The first-order valence-electron chi connectivity index (χ1n) is 9.92. The molecule has 0 aliphatic carbocycles. The van der Waals surface area contributed by atoms with Gasteiger partial charge < -0.3 is 19.4 Å². The zero-order valence-corrected chi connectivity index (χ0v) is 16.4. The van der Waals surface area contributed by atoms with Crippen LogP contribution in [0.25, 0.3) is 0 Å². The Hall–Kier alpha value is -3.35. The van der Waals surface area contributed by atoms with Crippen molar-refractivity contribution in [2.45, 2.75) is 25.8 Å². The van der Waals surface area contributed by atoms with E-state index >= 15 is 0 Å². The molecule has 1 aliphatic rings. The third-order valence-corrected chi connectivity index (χ3v) is 4.89. The normalized spacial score (nSPS) is 14.6. The minimum atomic E-state index is -0.553. The molecule has 7 heteroatoms. The van der Waals surface area contributed by atoms with Gasteiger partial charge in [-0.3, -0.25) is 4.79 Å². The highest BCUT2D eigenvalue weighted by Crippen LogP contribution is 2.27. The molecular formula is C22H24N4O3. The molecule has 29 heavy (non-hydrogen) atoms. The maximum atomic E-state index is 13.1. The Bertz CT molecular complexity index is 951. The van der Waals surface area contributed by atoms with Gasteiger partial charge in [0.15, 0.2) is 0 Å². The van der Waals surface area contributed by atoms with E-state index in [2.05, 4.69) is 20.4 Å². The Balaban J connectivity index is 1.63. The van der Waals surface area contributed by atoms with Crippen LogP contribution in [0.3, 0.4) is 0 Å². The predicted octanol–water partition coefficient (Wildman–Crippen LogP) is 3.59. The molecule has 1 N–H and O–H groups in total. The number of benzene rings is 2. The predicted molar refractivity (Wildman–Crippen MR) is 109 cm³/mol. The second-order valence-electron chi connectivity index (χ2n) is 6.86. The highest BCUT2D eigenvalue weighted by Gasteiger charge is 2.26. The van der Waals surface area contributed by atoms with E-state index in [1.54, 1.807) is 12.1 Å². The van der Waals surface area contributed by atoms with E-state index in [-0.39, 0.29) is 5.91 Å². The molecule has 0 saturated carbocycles. The lowest BCUT2D eigenvalue weighted by Gasteiger charge is -2.17. The molecule has 0 bridgehead atoms. The van der Waals surface area contributed by atoms with Crippen LogP contribution in [0.5, 0.6) is 5.75 Å². The fourth-order valence-corrected chi connectivity index (χ4v) is 3.46. The van der Waals surface area contributed by atoms with Crippen molar-refractivity contribution in [2.75, 3.05) is 24.6 Å². The SMILES string of the molecule is CCOc1ccccc1C(=O)N[C@@H](c1ccccc1)c1nnc(N2CCCC2)o1. The number of carbonyl (C=O) groups is 1. The van der Waals surface area contributed by atoms with E-state index in [1.807, 2.05) is 49.4 Å². The van der Waals surface area contributed by atoms with Gasteiger partial charge in [-0.15, -0.1) is 5.10 Å². The van der Waals surface area contributed by atoms with Gasteiger partial charge in [0.05, 0.1) is 12.2 Å². The van der Waals surface area contributed by atoms with Crippen molar-refractivity contribution in [3.63, 3.8) is 0 Å². The van der Waals surface area contributed by atoms with Crippen LogP contribution in [-0.4, -0.2) is 35.8 Å². The number of rotatable bonds is 7. The summed E-state index contributed by atoms with van der Waals surface area (Å²) in [5.74, 6) is 0.645. The summed E-state index contributed by atoms with van der Waals surface area (Å²) in [5.41, 5.74) is 1.33. The van der Waals surface area contributed by atoms with Gasteiger partial charge in [0.25, 0.3) is 5.91 Å². The van der Waals surface area contributed by atoms with Crippen LogP contribution in [0.2, 0.25) is 0 Å². The van der Waals surface area contributed by atoms with Crippen LogP contribution in [0.1, 0.15) is 47.6 Å². The first-order valence-corrected chi connectivity index (χ1v) is 9.92. The van der Waals surface area contributed by atoms with Crippen LogP contribution < -0.4 is 15.0 Å². The second-order valence-corrected chi connectivity index (χ2v) is 6.86. The van der Waals surface area contributed by atoms with Crippen LogP contribution >= 0.6 is 0 Å². The summed E-state index contributed by atoms with van der Waals surface area (Å²) >= 11 is 0. The number of amides is 1. The maximum Gasteiger partial charge on any atom is 0.318 e. The summed E-state index contributed by atoms with van der Waals surface area (Å²) in [6.07, 6.45) is 2.23. The fraction of sp³-hybridized carbons (Fsp3) is 0.318. The zero-order chi connectivity index (χ0) is 20.1. The zero-order valence-electron chi connectivity index (χ0n) is 16.4. The summed E-state index contributed by atoms with van der Waals surface area (Å²) in [5, 5.41) is 11.5. The lowest BCUT2D eigenvalue weighted by molar-refractivity contribution is 0.0934. The molecule has 0 radical (unpaired) electrons. The molecule has 7 nitrogen and oxygen atoms in total. The Morgan fingerprint density at radius 1 is 1.10 bits per heavy atom. The highest BCUT2D eigenvalue weighted by molar-refractivity contribution is 5.97. The number of ether oxygens (including phenoxy) is 1. The van der Waals surface area contributed by atoms with Crippen molar-refractivity contribution in [1.29, 1.82) is 0 Å². The molecule has 0 spiro atoms. The van der Waals surface area contributed by atoms with Gasteiger partial charge in [-0.05, 0) is 37.5 Å². The molecular weight excluding hydrogens is 368 g/mol. The summed E-state index contributed by atoms with van der Waals surface area (Å²) in [6, 6.07) is 16.8. The number of aromatic nitrogens is 2. The number of nitrogens with one attached hydrogen (secondary N) is 1. The average molecular weight is 392 g/mol. The molecule has 0 unspecified atom stereocenters. The smallest absolute Gasteiger partial charge is 0.318 e. The first-order chi connectivity index (χ1) is 14.3. The molecule has 1 aliphatic heterocycles. The Kier molecular flexibility index (Phi) is 5.74. The third kappa shape index (κ3) is 4.23. The Morgan fingerprint density at radius 2 is 1.83 bits per heavy atom. The number of hydrogen-bond donors (Lipinski definition) is 1. The standard InChI is InChI=1S/C22H24N4O3/c1-2-28-18-13-7-6-12-17(18)20(27)23-19(16-10-4-3-5-11-16)21-24-25-22(29-21)26-14-8-9-15-26/h3-7,10-13,19H,2,8-9,14-15H2,1H3,(H,23,27)/t19-/m0/s1. The van der Waals surface area contributed by atoms with Crippen LogP contribution in [0.15, 0.2) is 59.0 Å². The summed E-state index contributed by atoms with van der Waals surface area (Å²) in [4.78, 5) is 15.1. The quantitative estimate of drug-likeness (QED) is 0.662. The van der Waals surface area contributed by atoms with Gasteiger partial charge in [0.1, 0.15) is 11.8 Å². The van der Waals surface area contributed by atoms with Crippen molar-refractivity contribution in [2.24, 2.45) is 0 Å². The molecule has 2 heterocycles. The molecule has 1 aromatic heterocycles. The second kappa shape index (κ2) is 8.77. The van der Waals surface area contributed by atoms with Crippen LogP contribution in [0, 0.1) is 0 Å². The van der Waals surface area contributed by atoms with Crippen molar-refractivity contribution in [3.8, 4) is 5.75 Å². The fourth-order valence-electron chi connectivity index (χ4n) is 3.46. The van der Waals surface area contributed by atoms with Gasteiger partial charge in [-0.1, -0.05) is 47.6 Å². The lowest BCUT2D eigenvalue weighted by atomic mass is 10.1. The molecule has 3 aromatic rings. The van der Waals surface area contributed by atoms with Crippen LogP contribution in [-0.2, 0) is 0 Å². The van der Waals surface area contributed by atoms with Crippen molar-refractivity contribution < 1.29 is 13.9 Å². The van der Waals surface area contributed by atoms with Gasteiger partial charge in [0.2, 0.25) is 5.89 Å². The van der Waals surface area contributed by atoms with Crippen molar-refractivity contribution in [3.05, 3.63) is 71.6 Å². The number of para-hydroxylation sites is 1. The Labute approximate surface area is 169 Å². The summed E-state index contributed by atoms with van der Waals surface area (Å²) in [7, 11) is 0. The number of hydrogen-bond acceptors (Lipinski definition) is 6.